The zero-order chi connectivity index (χ0) is 18.0. The fourth-order valence-electron chi connectivity index (χ4n) is 2.48. The van der Waals surface area contributed by atoms with Crippen LogP contribution < -0.4 is 15.0 Å². The molecule has 0 bridgehead atoms. The Balaban J connectivity index is 1.98. The number of hydrazone groups is 1. The molecule has 1 amide bonds. The minimum atomic E-state index is -1.48. The smallest absolute Gasteiger partial charge is 0.281 e. The molecule has 0 saturated heterocycles. The van der Waals surface area contributed by atoms with Gasteiger partial charge in [0.1, 0.15) is 5.71 Å². The second-order valence-electron chi connectivity index (χ2n) is 5.73. The van der Waals surface area contributed by atoms with Crippen LogP contribution in [0.3, 0.4) is 0 Å². The quantitative estimate of drug-likeness (QED) is 0.790. The molecule has 0 fully saturated rings. The van der Waals surface area contributed by atoms with Crippen LogP contribution in [0.25, 0.3) is 6.08 Å². The van der Waals surface area contributed by atoms with E-state index in [0.29, 0.717) is 11.3 Å². The SMILES string of the molecule is CN(C)c1ccc(/C=C2\C(=O)N(c3ccccc3)N=C2C(=O)[O-])cc1. The van der Waals surface area contributed by atoms with Crippen molar-refractivity contribution in [1.29, 1.82) is 0 Å². The predicted molar refractivity (Wildman–Crippen MR) is 95.1 cm³/mol. The average molecular weight is 334 g/mol. The lowest BCUT2D eigenvalue weighted by Gasteiger charge is -2.12. The molecule has 3 rings (SSSR count). The van der Waals surface area contributed by atoms with Gasteiger partial charge in [0.2, 0.25) is 0 Å². The summed E-state index contributed by atoms with van der Waals surface area (Å²) in [6.45, 7) is 0. The molecule has 2 aromatic rings. The van der Waals surface area contributed by atoms with Crippen molar-refractivity contribution in [2.24, 2.45) is 5.10 Å². The summed E-state index contributed by atoms with van der Waals surface area (Å²) in [5.41, 5.74) is 1.84. The first-order chi connectivity index (χ1) is 12.0. The van der Waals surface area contributed by atoms with Gasteiger partial charge in [-0.05, 0) is 35.9 Å². The molecular formula is C19H16N3O3-. The standard InChI is InChI=1S/C19H17N3O3/c1-21(2)14-10-8-13(9-11-14)12-16-17(19(24)25)20-22(18(16)23)15-6-4-3-5-7-15/h3-12H,1-2H3,(H,24,25)/p-1/b16-12-. The summed E-state index contributed by atoms with van der Waals surface area (Å²) in [6, 6.07) is 16.1. The number of carboxylic acids is 1. The van der Waals surface area contributed by atoms with Crippen LogP contribution in [0.2, 0.25) is 0 Å². The van der Waals surface area contributed by atoms with Gasteiger partial charge in [0, 0.05) is 19.8 Å². The van der Waals surface area contributed by atoms with Crippen molar-refractivity contribution >= 4 is 35.0 Å². The van der Waals surface area contributed by atoms with Crippen LogP contribution in [0.5, 0.6) is 0 Å². The highest BCUT2D eigenvalue weighted by Gasteiger charge is 2.31. The number of carbonyl (C=O) groups is 2. The summed E-state index contributed by atoms with van der Waals surface area (Å²) in [4.78, 5) is 26.0. The molecule has 6 heteroatoms. The van der Waals surface area contributed by atoms with Gasteiger partial charge in [0.05, 0.1) is 17.2 Å². The fourth-order valence-corrected chi connectivity index (χ4v) is 2.48. The highest BCUT2D eigenvalue weighted by Crippen LogP contribution is 2.25. The van der Waals surface area contributed by atoms with Gasteiger partial charge < -0.3 is 14.8 Å². The fraction of sp³-hybridized carbons (Fsp3) is 0.105. The van der Waals surface area contributed by atoms with Crippen molar-refractivity contribution in [3.05, 3.63) is 65.7 Å². The average Bonchev–Trinajstić information content (AvgIpc) is 2.93. The van der Waals surface area contributed by atoms with Gasteiger partial charge in [-0.1, -0.05) is 30.3 Å². The number of amides is 1. The third-order valence-corrected chi connectivity index (χ3v) is 3.79. The molecule has 2 aromatic carbocycles. The van der Waals surface area contributed by atoms with Gasteiger partial charge in [0.15, 0.2) is 0 Å². The first-order valence-corrected chi connectivity index (χ1v) is 7.66. The summed E-state index contributed by atoms with van der Waals surface area (Å²) in [6.07, 6.45) is 1.51. The number of carbonyl (C=O) groups excluding carboxylic acids is 2. The van der Waals surface area contributed by atoms with Crippen molar-refractivity contribution in [2.75, 3.05) is 24.0 Å². The molecule has 1 heterocycles. The first-order valence-electron chi connectivity index (χ1n) is 7.66. The number of nitrogens with zero attached hydrogens (tertiary/aromatic N) is 3. The molecule has 0 N–H and O–H groups in total. The van der Waals surface area contributed by atoms with Crippen molar-refractivity contribution < 1.29 is 14.7 Å². The lowest BCUT2D eigenvalue weighted by Crippen LogP contribution is -2.32. The monoisotopic (exact) mass is 334 g/mol. The van der Waals surface area contributed by atoms with Gasteiger partial charge in [-0.3, -0.25) is 4.79 Å². The summed E-state index contributed by atoms with van der Waals surface area (Å²) in [7, 11) is 3.85. The largest absolute Gasteiger partial charge is 0.543 e. The van der Waals surface area contributed by atoms with Gasteiger partial charge >= 0.3 is 0 Å². The summed E-state index contributed by atoms with van der Waals surface area (Å²) in [5, 5.41) is 16.4. The molecule has 1 aliphatic heterocycles. The van der Waals surface area contributed by atoms with Gasteiger partial charge in [0.25, 0.3) is 5.91 Å². The van der Waals surface area contributed by atoms with Crippen molar-refractivity contribution in [2.45, 2.75) is 0 Å². The molecule has 25 heavy (non-hydrogen) atoms. The third kappa shape index (κ3) is 3.28. The van der Waals surface area contributed by atoms with Crippen LogP contribution in [0.1, 0.15) is 5.56 Å². The zero-order valence-electron chi connectivity index (χ0n) is 13.8. The van der Waals surface area contributed by atoms with E-state index in [-0.39, 0.29) is 11.3 Å². The van der Waals surface area contributed by atoms with E-state index in [2.05, 4.69) is 5.10 Å². The van der Waals surface area contributed by atoms with Crippen LogP contribution in [0, 0.1) is 0 Å². The number of aliphatic carboxylic acids is 1. The molecule has 1 aliphatic rings. The number of para-hydroxylation sites is 1. The molecule has 0 aromatic heterocycles. The molecule has 0 saturated carbocycles. The summed E-state index contributed by atoms with van der Waals surface area (Å²) >= 11 is 0. The van der Waals surface area contributed by atoms with Crippen molar-refractivity contribution in [3.8, 4) is 0 Å². The van der Waals surface area contributed by atoms with Crippen LogP contribution in [0.4, 0.5) is 11.4 Å². The van der Waals surface area contributed by atoms with E-state index in [1.54, 1.807) is 30.3 Å². The molecule has 0 spiro atoms. The number of rotatable bonds is 4. The molecular weight excluding hydrogens is 318 g/mol. The Morgan fingerprint density at radius 2 is 1.72 bits per heavy atom. The van der Waals surface area contributed by atoms with E-state index in [1.165, 1.54) is 6.08 Å². The molecule has 6 nitrogen and oxygen atoms in total. The maximum absolute atomic E-state index is 12.6. The van der Waals surface area contributed by atoms with Gasteiger partial charge in [-0.15, -0.1) is 0 Å². The first kappa shape index (κ1) is 16.4. The highest BCUT2D eigenvalue weighted by molar-refractivity contribution is 6.53. The second-order valence-corrected chi connectivity index (χ2v) is 5.73. The Labute approximate surface area is 145 Å². The Morgan fingerprint density at radius 1 is 1.08 bits per heavy atom. The van der Waals surface area contributed by atoms with E-state index < -0.39 is 11.9 Å². The molecule has 0 atom stereocenters. The number of anilines is 2. The van der Waals surface area contributed by atoms with Gasteiger partial charge in [-0.25, -0.2) is 0 Å². The van der Waals surface area contributed by atoms with E-state index in [9.17, 15) is 14.7 Å². The molecule has 0 unspecified atom stereocenters. The number of hydrogen-bond donors (Lipinski definition) is 0. The number of benzene rings is 2. The Kier molecular flexibility index (Phi) is 4.35. The van der Waals surface area contributed by atoms with E-state index in [1.807, 2.05) is 43.3 Å². The Bertz CT molecular complexity index is 869. The molecule has 0 aliphatic carbocycles. The Morgan fingerprint density at radius 3 is 2.28 bits per heavy atom. The van der Waals surface area contributed by atoms with E-state index >= 15 is 0 Å². The maximum Gasteiger partial charge on any atom is 0.281 e. The van der Waals surface area contributed by atoms with Crippen LogP contribution >= 0.6 is 0 Å². The van der Waals surface area contributed by atoms with Crippen LogP contribution in [-0.2, 0) is 9.59 Å². The van der Waals surface area contributed by atoms with Gasteiger partial charge in [-0.2, -0.15) is 10.1 Å². The Hall–Kier alpha value is -3.41. The van der Waals surface area contributed by atoms with Crippen LogP contribution in [0.15, 0.2) is 65.3 Å². The number of hydrogen-bond acceptors (Lipinski definition) is 5. The predicted octanol–water partition coefficient (Wildman–Crippen LogP) is 1.29. The minimum Gasteiger partial charge on any atom is -0.543 e. The van der Waals surface area contributed by atoms with Crippen molar-refractivity contribution in [3.63, 3.8) is 0 Å². The minimum absolute atomic E-state index is 0.00135. The highest BCUT2D eigenvalue weighted by atomic mass is 16.4. The van der Waals surface area contributed by atoms with Crippen LogP contribution in [-0.4, -0.2) is 31.7 Å². The second kappa shape index (κ2) is 6.60. The normalized spacial score (nSPS) is 15.4. The zero-order valence-corrected chi connectivity index (χ0v) is 13.8. The lowest BCUT2D eigenvalue weighted by molar-refractivity contribution is -0.294. The molecule has 126 valence electrons. The molecule has 0 radical (unpaired) electrons. The third-order valence-electron chi connectivity index (χ3n) is 3.79. The topological polar surface area (TPSA) is 76.0 Å². The lowest BCUT2D eigenvalue weighted by atomic mass is 10.1. The van der Waals surface area contributed by atoms with E-state index in [4.69, 9.17) is 0 Å². The van der Waals surface area contributed by atoms with Crippen molar-refractivity contribution in [1.82, 2.24) is 0 Å². The summed E-state index contributed by atoms with van der Waals surface area (Å²) < 4.78 is 0. The maximum atomic E-state index is 12.6. The van der Waals surface area contributed by atoms with E-state index in [0.717, 1.165) is 10.7 Å². The summed E-state index contributed by atoms with van der Waals surface area (Å²) in [5.74, 6) is -1.98. The number of carboxylic acid groups (broad SMARTS) is 1.